The zero-order chi connectivity index (χ0) is 13.9. The fourth-order valence-electron chi connectivity index (χ4n) is 2.62. The Morgan fingerprint density at radius 2 is 2.00 bits per heavy atom. The number of halogens is 1. The van der Waals surface area contributed by atoms with Gasteiger partial charge in [-0.15, -0.1) is 0 Å². The van der Waals surface area contributed by atoms with E-state index in [0.29, 0.717) is 12.6 Å². The molecule has 1 fully saturated rings. The minimum absolute atomic E-state index is 0.208. The maximum Gasteiger partial charge on any atom is 0.123 e. The Kier molecular flexibility index (Phi) is 3.80. The third-order valence-corrected chi connectivity index (χ3v) is 3.66. The van der Waals surface area contributed by atoms with Crippen molar-refractivity contribution in [3.63, 3.8) is 0 Å². The van der Waals surface area contributed by atoms with Gasteiger partial charge in [-0.25, -0.2) is 4.39 Å². The molecule has 0 bridgehead atoms. The van der Waals surface area contributed by atoms with E-state index in [9.17, 15) is 4.39 Å². The molecule has 1 aliphatic rings. The van der Waals surface area contributed by atoms with E-state index in [1.54, 1.807) is 12.1 Å². The SMILES string of the molecule is N[C@@H]1CCN(Cc2cnn(Cc3ccc(F)cc3)c2)C1. The van der Waals surface area contributed by atoms with Gasteiger partial charge in [-0.05, 0) is 24.1 Å². The van der Waals surface area contributed by atoms with Gasteiger partial charge in [-0.2, -0.15) is 5.10 Å². The second kappa shape index (κ2) is 5.73. The van der Waals surface area contributed by atoms with Crippen molar-refractivity contribution >= 4 is 0 Å². The fraction of sp³-hybridized carbons (Fsp3) is 0.400. The molecule has 3 rings (SSSR count). The van der Waals surface area contributed by atoms with Gasteiger partial charge in [0.05, 0.1) is 12.7 Å². The molecule has 2 heterocycles. The lowest BCUT2D eigenvalue weighted by Gasteiger charge is -2.13. The monoisotopic (exact) mass is 274 g/mol. The van der Waals surface area contributed by atoms with Crippen LogP contribution in [0, 0.1) is 5.82 Å². The van der Waals surface area contributed by atoms with Gasteiger partial charge in [0.1, 0.15) is 5.82 Å². The lowest BCUT2D eigenvalue weighted by Crippen LogP contribution is -2.26. The number of nitrogens with two attached hydrogens (primary N) is 1. The van der Waals surface area contributed by atoms with E-state index in [-0.39, 0.29) is 5.82 Å². The van der Waals surface area contributed by atoms with Crippen molar-refractivity contribution in [2.75, 3.05) is 13.1 Å². The summed E-state index contributed by atoms with van der Waals surface area (Å²) in [6, 6.07) is 6.84. The number of nitrogens with zero attached hydrogens (tertiary/aromatic N) is 3. The van der Waals surface area contributed by atoms with Crippen molar-refractivity contribution < 1.29 is 4.39 Å². The molecule has 1 aliphatic heterocycles. The Labute approximate surface area is 118 Å². The highest BCUT2D eigenvalue weighted by molar-refractivity contribution is 5.16. The molecule has 0 radical (unpaired) electrons. The summed E-state index contributed by atoms with van der Waals surface area (Å²) in [7, 11) is 0. The number of likely N-dealkylation sites (tertiary alicyclic amines) is 1. The van der Waals surface area contributed by atoms with Crippen LogP contribution in [0.1, 0.15) is 17.5 Å². The van der Waals surface area contributed by atoms with Crippen molar-refractivity contribution in [2.45, 2.75) is 25.6 Å². The van der Waals surface area contributed by atoms with Gasteiger partial charge < -0.3 is 5.73 Å². The summed E-state index contributed by atoms with van der Waals surface area (Å²) in [5, 5.41) is 4.36. The van der Waals surface area contributed by atoms with Crippen LogP contribution in [0.25, 0.3) is 0 Å². The molecule has 1 aromatic carbocycles. The molecule has 0 unspecified atom stereocenters. The topological polar surface area (TPSA) is 47.1 Å². The normalized spacial score (nSPS) is 19.6. The summed E-state index contributed by atoms with van der Waals surface area (Å²) in [6.07, 6.45) is 5.02. The molecule has 5 heteroatoms. The van der Waals surface area contributed by atoms with Crippen LogP contribution < -0.4 is 5.73 Å². The predicted octanol–water partition coefficient (Wildman–Crippen LogP) is 1.60. The average molecular weight is 274 g/mol. The first kappa shape index (κ1) is 13.3. The largest absolute Gasteiger partial charge is 0.326 e. The molecule has 106 valence electrons. The van der Waals surface area contributed by atoms with Crippen LogP contribution in [0.2, 0.25) is 0 Å². The van der Waals surface area contributed by atoms with Crippen molar-refractivity contribution in [1.82, 2.24) is 14.7 Å². The highest BCUT2D eigenvalue weighted by Crippen LogP contribution is 2.12. The highest BCUT2D eigenvalue weighted by Gasteiger charge is 2.19. The van der Waals surface area contributed by atoms with Crippen LogP contribution in [-0.2, 0) is 13.1 Å². The van der Waals surface area contributed by atoms with E-state index in [1.165, 1.54) is 17.7 Å². The van der Waals surface area contributed by atoms with Gasteiger partial charge in [0.25, 0.3) is 0 Å². The Morgan fingerprint density at radius 3 is 2.70 bits per heavy atom. The van der Waals surface area contributed by atoms with Crippen molar-refractivity contribution in [3.8, 4) is 0 Å². The molecule has 0 aliphatic carbocycles. The summed E-state index contributed by atoms with van der Waals surface area (Å²) >= 11 is 0. The quantitative estimate of drug-likeness (QED) is 0.921. The lowest BCUT2D eigenvalue weighted by atomic mass is 10.2. The second-order valence-corrected chi connectivity index (χ2v) is 5.46. The number of hydrogen-bond donors (Lipinski definition) is 1. The third-order valence-electron chi connectivity index (χ3n) is 3.66. The van der Waals surface area contributed by atoms with Crippen LogP contribution in [0.4, 0.5) is 4.39 Å². The first-order valence-electron chi connectivity index (χ1n) is 6.93. The Balaban J connectivity index is 1.60. The maximum atomic E-state index is 12.9. The van der Waals surface area contributed by atoms with Gasteiger partial charge in [-0.1, -0.05) is 12.1 Å². The summed E-state index contributed by atoms with van der Waals surface area (Å²) in [5.41, 5.74) is 8.15. The van der Waals surface area contributed by atoms with E-state index >= 15 is 0 Å². The van der Waals surface area contributed by atoms with Crippen LogP contribution in [0.3, 0.4) is 0 Å². The van der Waals surface area contributed by atoms with Gasteiger partial charge in [0, 0.05) is 37.4 Å². The number of benzene rings is 1. The Hall–Kier alpha value is -1.72. The lowest BCUT2D eigenvalue weighted by molar-refractivity contribution is 0.327. The summed E-state index contributed by atoms with van der Waals surface area (Å²) in [6.45, 7) is 3.59. The Morgan fingerprint density at radius 1 is 1.20 bits per heavy atom. The highest BCUT2D eigenvalue weighted by atomic mass is 19.1. The van der Waals surface area contributed by atoms with Crippen LogP contribution in [0.15, 0.2) is 36.7 Å². The van der Waals surface area contributed by atoms with Gasteiger partial charge in [0.2, 0.25) is 0 Å². The predicted molar refractivity (Wildman–Crippen MR) is 75.6 cm³/mol. The standard InChI is InChI=1S/C15H19FN4/c16-14-3-1-12(2-4-14)9-20-10-13(7-18-20)8-19-6-5-15(17)11-19/h1-4,7,10,15H,5-6,8-9,11,17H2/t15-/m1/s1. The molecular formula is C15H19FN4. The first-order chi connectivity index (χ1) is 9.69. The van der Waals surface area contributed by atoms with Gasteiger partial charge >= 0.3 is 0 Å². The molecule has 1 atom stereocenters. The second-order valence-electron chi connectivity index (χ2n) is 5.46. The maximum absolute atomic E-state index is 12.9. The van der Waals surface area contributed by atoms with E-state index in [2.05, 4.69) is 10.00 Å². The van der Waals surface area contributed by atoms with Crippen LogP contribution in [-0.4, -0.2) is 33.8 Å². The molecule has 1 saturated heterocycles. The fourth-order valence-corrected chi connectivity index (χ4v) is 2.62. The van der Waals surface area contributed by atoms with Gasteiger partial charge in [-0.3, -0.25) is 9.58 Å². The number of rotatable bonds is 4. The minimum atomic E-state index is -0.208. The van der Waals surface area contributed by atoms with E-state index in [1.807, 2.05) is 17.1 Å². The van der Waals surface area contributed by atoms with Crippen LogP contribution >= 0.6 is 0 Å². The first-order valence-corrected chi connectivity index (χ1v) is 6.93. The average Bonchev–Trinajstić information content (AvgIpc) is 3.02. The zero-order valence-electron chi connectivity index (χ0n) is 11.4. The molecule has 20 heavy (non-hydrogen) atoms. The molecule has 4 nitrogen and oxygen atoms in total. The number of hydrogen-bond acceptors (Lipinski definition) is 3. The smallest absolute Gasteiger partial charge is 0.123 e. The molecule has 2 N–H and O–H groups in total. The number of aromatic nitrogens is 2. The zero-order valence-corrected chi connectivity index (χ0v) is 11.4. The molecule has 2 aromatic rings. The van der Waals surface area contributed by atoms with Crippen molar-refractivity contribution in [1.29, 1.82) is 0 Å². The van der Waals surface area contributed by atoms with Crippen LogP contribution in [0.5, 0.6) is 0 Å². The van der Waals surface area contributed by atoms with Crippen molar-refractivity contribution in [2.24, 2.45) is 5.73 Å². The van der Waals surface area contributed by atoms with Gasteiger partial charge in [0.15, 0.2) is 0 Å². The van der Waals surface area contributed by atoms with E-state index < -0.39 is 0 Å². The minimum Gasteiger partial charge on any atom is -0.326 e. The van der Waals surface area contributed by atoms with Crippen molar-refractivity contribution in [3.05, 3.63) is 53.6 Å². The molecular weight excluding hydrogens is 255 g/mol. The molecule has 0 saturated carbocycles. The van der Waals surface area contributed by atoms with E-state index in [4.69, 9.17) is 5.73 Å². The summed E-state index contributed by atoms with van der Waals surface area (Å²) in [5.74, 6) is -0.208. The Bertz CT molecular complexity index is 564. The summed E-state index contributed by atoms with van der Waals surface area (Å²) < 4.78 is 14.7. The molecule has 0 spiro atoms. The van der Waals surface area contributed by atoms with E-state index in [0.717, 1.165) is 31.6 Å². The molecule has 0 amide bonds. The third kappa shape index (κ3) is 3.23. The summed E-state index contributed by atoms with van der Waals surface area (Å²) in [4.78, 5) is 2.35. The molecule has 1 aromatic heterocycles.